The predicted molar refractivity (Wildman–Crippen MR) is 80.9 cm³/mol. The first-order chi connectivity index (χ1) is 10.6. The highest BCUT2D eigenvalue weighted by Crippen LogP contribution is 2.29. The topological polar surface area (TPSA) is 152 Å². The summed E-state index contributed by atoms with van der Waals surface area (Å²) in [6.07, 6.45) is 0. The van der Waals surface area contributed by atoms with Crippen LogP contribution in [0.5, 0.6) is 0 Å². The van der Waals surface area contributed by atoms with E-state index in [1.165, 1.54) is 0 Å². The van der Waals surface area contributed by atoms with Gasteiger partial charge in [0.05, 0.1) is 15.9 Å². The molecule has 0 spiro atoms. The number of ketones is 1. The molecule has 0 aliphatic rings. The SMILES string of the molecule is CC(C)(C)C(=O)C(C#N)=NNc1ccc([N+](=O)[O-])cc1[N+](=O)[O-]. The van der Waals surface area contributed by atoms with Crippen molar-refractivity contribution in [1.82, 2.24) is 0 Å². The van der Waals surface area contributed by atoms with Crippen LogP contribution in [0, 0.1) is 37.0 Å². The van der Waals surface area contributed by atoms with E-state index in [9.17, 15) is 25.0 Å². The zero-order valence-electron chi connectivity index (χ0n) is 12.6. The zero-order valence-corrected chi connectivity index (χ0v) is 12.6. The second-order valence-electron chi connectivity index (χ2n) is 5.48. The number of carbonyl (C=O) groups is 1. The van der Waals surface area contributed by atoms with Crippen molar-refractivity contribution in [2.24, 2.45) is 10.5 Å². The molecule has 23 heavy (non-hydrogen) atoms. The Morgan fingerprint density at radius 2 is 1.87 bits per heavy atom. The number of rotatable bonds is 5. The molecule has 1 N–H and O–H groups in total. The third-order valence-corrected chi connectivity index (χ3v) is 2.68. The van der Waals surface area contributed by atoms with E-state index in [0.29, 0.717) is 0 Å². The third kappa shape index (κ3) is 4.31. The van der Waals surface area contributed by atoms with Crippen molar-refractivity contribution in [1.29, 1.82) is 5.26 Å². The van der Waals surface area contributed by atoms with Crippen LogP contribution in [-0.4, -0.2) is 21.3 Å². The summed E-state index contributed by atoms with van der Waals surface area (Å²) >= 11 is 0. The zero-order chi connectivity index (χ0) is 17.8. The Morgan fingerprint density at radius 1 is 1.26 bits per heavy atom. The number of benzene rings is 1. The van der Waals surface area contributed by atoms with Gasteiger partial charge in [0.2, 0.25) is 5.71 Å². The van der Waals surface area contributed by atoms with Crippen molar-refractivity contribution in [2.75, 3.05) is 5.43 Å². The van der Waals surface area contributed by atoms with Gasteiger partial charge in [0, 0.05) is 11.5 Å². The van der Waals surface area contributed by atoms with Crippen LogP contribution in [0.4, 0.5) is 17.1 Å². The maximum Gasteiger partial charge on any atom is 0.301 e. The predicted octanol–water partition coefficient (Wildman–Crippen LogP) is 2.41. The molecule has 0 saturated heterocycles. The van der Waals surface area contributed by atoms with Crippen molar-refractivity contribution in [3.63, 3.8) is 0 Å². The molecule has 0 unspecified atom stereocenters. The molecule has 0 radical (unpaired) electrons. The van der Waals surface area contributed by atoms with E-state index in [0.717, 1.165) is 18.2 Å². The highest BCUT2D eigenvalue weighted by atomic mass is 16.6. The first kappa shape index (κ1) is 17.7. The van der Waals surface area contributed by atoms with E-state index >= 15 is 0 Å². The molecule has 1 aromatic carbocycles. The molecule has 10 nitrogen and oxygen atoms in total. The molecule has 1 rings (SSSR count). The first-order valence-corrected chi connectivity index (χ1v) is 6.29. The van der Waals surface area contributed by atoms with Crippen LogP contribution in [0.3, 0.4) is 0 Å². The lowest BCUT2D eigenvalue weighted by Crippen LogP contribution is -2.28. The average molecular weight is 319 g/mol. The smallest absolute Gasteiger partial charge is 0.291 e. The van der Waals surface area contributed by atoms with Crippen molar-refractivity contribution >= 4 is 28.6 Å². The first-order valence-electron chi connectivity index (χ1n) is 6.29. The number of Topliss-reactive ketones (excluding diaryl/α,β-unsaturated/α-hetero) is 1. The molecule has 0 aliphatic heterocycles. The van der Waals surface area contributed by atoms with Gasteiger partial charge in [-0.1, -0.05) is 20.8 Å². The van der Waals surface area contributed by atoms with E-state index in [2.05, 4.69) is 10.5 Å². The summed E-state index contributed by atoms with van der Waals surface area (Å²) in [7, 11) is 0. The van der Waals surface area contributed by atoms with Crippen molar-refractivity contribution in [2.45, 2.75) is 20.8 Å². The molecule has 0 aliphatic carbocycles. The van der Waals surface area contributed by atoms with Gasteiger partial charge in [-0.2, -0.15) is 10.4 Å². The van der Waals surface area contributed by atoms with Crippen LogP contribution in [0.1, 0.15) is 20.8 Å². The average Bonchev–Trinajstić information content (AvgIpc) is 2.46. The summed E-state index contributed by atoms with van der Waals surface area (Å²) in [4.78, 5) is 32.0. The van der Waals surface area contributed by atoms with Gasteiger partial charge in [-0.15, -0.1) is 0 Å². The molecular formula is C13H13N5O5. The fourth-order valence-corrected chi connectivity index (χ4v) is 1.48. The van der Waals surface area contributed by atoms with Gasteiger partial charge in [-0.25, -0.2) is 0 Å². The molecule has 0 heterocycles. The fourth-order valence-electron chi connectivity index (χ4n) is 1.48. The van der Waals surface area contributed by atoms with E-state index in [-0.39, 0.29) is 5.69 Å². The number of nitrogens with zero attached hydrogens (tertiary/aromatic N) is 4. The monoisotopic (exact) mass is 319 g/mol. The third-order valence-electron chi connectivity index (χ3n) is 2.68. The van der Waals surface area contributed by atoms with Crippen molar-refractivity contribution in [3.05, 3.63) is 38.4 Å². The second kappa shape index (κ2) is 6.61. The summed E-state index contributed by atoms with van der Waals surface area (Å²) < 4.78 is 0. The molecule has 0 aromatic heterocycles. The second-order valence-corrected chi connectivity index (χ2v) is 5.48. The van der Waals surface area contributed by atoms with Gasteiger partial charge in [0.15, 0.2) is 5.78 Å². The summed E-state index contributed by atoms with van der Waals surface area (Å²) in [6.45, 7) is 4.78. The quantitative estimate of drug-likeness (QED) is 0.496. The Kier molecular flexibility index (Phi) is 5.09. The van der Waals surface area contributed by atoms with Crippen LogP contribution < -0.4 is 5.43 Å². The van der Waals surface area contributed by atoms with Crippen LogP contribution in [0.25, 0.3) is 0 Å². The van der Waals surface area contributed by atoms with Gasteiger partial charge >= 0.3 is 5.69 Å². The number of nitrogens with one attached hydrogen (secondary N) is 1. The molecule has 0 amide bonds. The Morgan fingerprint density at radius 3 is 2.30 bits per heavy atom. The van der Waals surface area contributed by atoms with Gasteiger partial charge in [0.25, 0.3) is 5.69 Å². The summed E-state index contributed by atoms with van der Waals surface area (Å²) in [5.41, 5.74) is -0.284. The molecule has 1 aromatic rings. The van der Waals surface area contributed by atoms with E-state index in [1.807, 2.05) is 0 Å². The maximum atomic E-state index is 12.0. The van der Waals surface area contributed by atoms with Gasteiger partial charge in [-0.3, -0.25) is 30.4 Å². The number of anilines is 1. The number of nitro groups is 2. The van der Waals surface area contributed by atoms with Crippen LogP contribution in [-0.2, 0) is 4.79 Å². The van der Waals surface area contributed by atoms with Gasteiger partial charge in [-0.05, 0) is 6.07 Å². The number of non-ortho nitro benzene ring substituents is 1. The number of carbonyl (C=O) groups excluding carboxylic acids is 1. The number of nitro benzene ring substituents is 2. The van der Waals surface area contributed by atoms with E-state index in [4.69, 9.17) is 5.26 Å². The Bertz CT molecular complexity index is 742. The Hall–Kier alpha value is -3.35. The van der Waals surface area contributed by atoms with Crippen LogP contribution >= 0.6 is 0 Å². The van der Waals surface area contributed by atoms with Crippen LogP contribution in [0.2, 0.25) is 0 Å². The molecule has 120 valence electrons. The summed E-state index contributed by atoms with van der Waals surface area (Å²) in [5.74, 6) is -0.544. The highest BCUT2D eigenvalue weighted by Gasteiger charge is 2.27. The molecule has 0 saturated carbocycles. The molecular weight excluding hydrogens is 306 g/mol. The minimum Gasteiger partial charge on any atom is -0.291 e. The number of hydrogen-bond acceptors (Lipinski definition) is 8. The highest BCUT2D eigenvalue weighted by molar-refractivity contribution is 6.47. The van der Waals surface area contributed by atoms with Crippen molar-refractivity contribution in [3.8, 4) is 6.07 Å². The molecule has 0 atom stereocenters. The lowest BCUT2D eigenvalue weighted by atomic mass is 9.88. The standard InChI is InChI=1S/C13H13N5O5/c1-13(2,3)12(19)10(7-14)16-15-9-5-4-8(17(20)21)6-11(9)18(22)23/h4-6,15H,1-3H3. The minimum absolute atomic E-state index is 0.171. The Balaban J connectivity index is 3.21. The van der Waals surface area contributed by atoms with Gasteiger partial charge in [0.1, 0.15) is 11.8 Å². The summed E-state index contributed by atoms with van der Waals surface area (Å²) in [6, 6.07) is 4.50. The lowest BCUT2D eigenvalue weighted by molar-refractivity contribution is -0.393. The van der Waals surface area contributed by atoms with E-state index in [1.54, 1.807) is 26.8 Å². The van der Waals surface area contributed by atoms with E-state index < -0.39 is 38.1 Å². The Labute approximate surface area is 130 Å². The summed E-state index contributed by atoms with van der Waals surface area (Å²) in [5, 5.41) is 34.2. The number of hydrogen-bond donors (Lipinski definition) is 1. The number of nitriles is 1. The molecule has 10 heteroatoms. The van der Waals surface area contributed by atoms with Gasteiger partial charge < -0.3 is 0 Å². The maximum absolute atomic E-state index is 12.0. The lowest BCUT2D eigenvalue weighted by Gasteiger charge is -2.14. The molecule has 0 fully saturated rings. The van der Waals surface area contributed by atoms with Crippen molar-refractivity contribution < 1.29 is 14.6 Å². The minimum atomic E-state index is -0.850. The normalized spacial score (nSPS) is 11.5. The van der Waals surface area contributed by atoms with Crippen LogP contribution in [0.15, 0.2) is 23.3 Å². The fraction of sp³-hybridized carbons (Fsp3) is 0.308. The largest absolute Gasteiger partial charge is 0.301 e. The number of hydrazone groups is 1. The molecule has 0 bridgehead atoms.